The standard InChI is InChI=1S/C24H22N2O2/c27-18-21-7-4-8-22(14-11-21)25-15-16-26(24(25)28)23-12-9-20(10-13-23)17-19-5-2-1-3-6-19/h1-7,9-14,18H,8,15-17H2. The highest BCUT2D eigenvalue weighted by Crippen LogP contribution is 2.26. The van der Waals surface area contributed by atoms with E-state index in [1.165, 1.54) is 11.1 Å². The Hall–Kier alpha value is -3.40. The van der Waals surface area contributed by atoms with Gasteiger partial charge in [0, 0.05) is 36.5 Å². The number of urea groups is 1. The first kappa shape index (κ1) is 18.0. The molecule has 0 spiro atoms. The molecule has 140 valence electrons. The van der Waals surface area contributed by atoms with Crippen LogP contribution in [0.15, 0.2) is 90.2 Å². The van der Waals surface area contributed by atoms with E-state index in [4.69, 9.17) is 0 Å². The van der Waals surface area contributed by atoms with Crippen LogP contribution in [0.2, 0.25) is 0 Å². The van der Waals surface area contributed by atoms with Crippen LogP contribution < -0.4 is 4.90 Å². The molecule has 0 N–H and O–H groups in total. The number of hydrogen-bond donors (Lipinski definition) is 0. The Morgan fingerprint density at radius 2 is 1.57 bits per heavy atom. The minimum atomic E-state index is -0.0154. The van der Waals surface area contributed by atoms with Gasteiger partial charge in [0.1, 0.15) is 6.29 Å². The Labute approximate surface area is 165 Å². The lowest BCUT2D eigenvalue weighted by atomic mass is 10.0. The number of benzene rings is 2. The molecule has 28 heavy (non-hydrogen) atoms. The largest absolute Gasteiger partial charge is 0.328 e. The Morgan fingerprint density at radius 3 is 2.32 bits per heavy atom. The van der Waals surface area contributed by atoms with E-state index in [9.17, 15) is 9.59 Å². The van der Waals surface area contributed by atoms with E-state index in [0.29, 0.717) is 25.1 Å². The minimum Gasteiger partial charge on any atom is -0.298 e. The van der Waals surface area contributed by atoms with Gasteiger partial charge in [-0.2, -0.15) is 0 Å². The van der Waals surface area contributed by atoms with Crippen LogP contribution in [0.1, 0.15) is 17.5 Å². The summed E-state index contributed by atoms with van der Waals surface area (Å²) in [6.45, 7) is 1.30. The summed E-state index contributed by atoms with van der Waals surface area (Å²) >= 11 is 0. The fraction of sp³-hybridized carbons (Fsp3) is 0.167. The SMILES string of the molecule is O=CC1=CC=C(N2CCN(c3ccc(Cc4ccccc4)cc3)C2=O)CC=C1. The van der Waals surface area contributed by atoms with Crippen LogP contribution in [-0.4, -0.2) is 30.3 Å². The van der Waals surface area contributed by atoms with Crippen molar-refractivity contribution in [2.24, 2.45) is 0 Å². The van der Waals surface area contributed by atoms with Crippen molar-refractivity contribution in [1.82, 2.24) is 4.90 Å². The lowest BCUT2D eigenvalue weighted by molar-refractivity contribution is -0.104. The average molecular weight is 370 g/mol. The summed E-state index contributed by atoms with van der Waals surface area (Å²) in [7, 11) is 0. The molecule has 1 saturated heterocycles. The van der Waals surface area contributed by atoms with E-state index < -0.39 is 0 Å². The van der Waals surface area contributed by atoms with E-state index in [0.717, 1.165) is 24.1 Å². The van der Waals surface area contributed by atoms with Gasteiger partial charge >= 0.3 is 6.03 Å². The molecule has 4 rings (SSSR count). The first-order valence-electron chi connectivity index (χ1n) is 9.49. The quantitative estimate of drug-likeness (QED) is 0.728. The van der Waals surface area contributed by atoms with Gasteiger partial charge < -0.3 is 0 Å². The van der Waals surface area contributed by atoms with Crippen molar-refractivity contribution < 1.29 is 9.59 Å². The zero-order valence-electron chi connectivity index (χ0n) is 15.6. The van der Waals surface area contributed by atoms with Crippen LogP contribution in [0.4, 0.5) is 10.5 Å². The van der Waals surface area contributed by atoms with E-state index in [1.54, 1.807) is 17.1 Å². The second-order valence-electron chi connectivity index (χ2n) is 6.96. The highest BCUT2D eigenvalue weighted by molar-refractivity contribution is 5.95. The minimum absolute atomic E-state index is 0.0154. The summed E-state index contributed by atoms with van der Waals surface area (Å²) in [4.78, 5) is 27.5. The molecule has 1 heterocycles. The molecule has 2 amide bonds. The molecule has 0 saturated carbocycles. The van der Waals surface area contributed by atoms with E-state index in [2.05, 4.69) is 24.3 Å². The first-order chi connectivity index (χ1) is 13.7. The molecule has 0 bridgehead atoms. The number of amides is 2. The van der Waals surface area contributed by atoms with Crippen LogP contribution in [0.5, 0.6) is 0 Å². The maximum atomic E-state index is 12.9. The van der Waals surface area contributed by atoms with Gasteiger partial charge in [-0.1, -0.05) is 54.6 Å². The topological polar surface area (TPSA) is 40.6 Å². The molecule has 0 unspecified atom stereocenters. The number of rotatable bonds is 5. The van der Waals surface area contributed by atoms with Crippen LogP contribution in [0, 0.1) is 0 Å². The average Bonchev–Trinajstić information content (AvgIpc) is 2.96. The maximum absolute atomic E-state index is 12.9. The molecule has 4 nitrogen and oxygen atoms in total. The molecule has 1 aliphatic carbocycles. The summed E-state index contributed by atoms with van der Waals surface area (Å²) in [5, 5.41) is 0. The number of carbonyl (C=O) groups is 2. The predicted octanol–water partition coefficient (Wildman–Crippen LogP) is 4.49. The van der Waals surface area contributed by atoms with Gasteiger partial charge in [0.25, 0.3) is 0 Å². The highest BCUT2D eigenvalue weighted by atomic mass is 16.2. The number of allylic oxidation sites excluding steroid dienone is 5. The van der Waals surface area contributed by atoms with Gasteiger partial charge in [0.15, 0.2) is 0 Å². The molecule has 0 atom stereocenters. The molecule has 0 aromatic heterocycles. The van der Waals surface area contributed by atoms with Crippen LogP contribution in [0.3, 0.4) is 0 Å². The smallest absolute Gasteiger partial charge is 0.298 e. The van der Waals surface area contributed by atoms with Crippen molar-refractivity contribution in [2.45, 2.75) is 12.8 Å². The second kappa shape index (κ2) is 8.09. The molecule has 1 fully saturated rings. The lowest BCUT2D eigenvalue weighted by Crippen LogP contribution is -2.31. The Morgan fingerprint density at radius 1 is 0.857 bits per heavy atom. The summed E-state index contributed by atoms with van der Waals surface area (Å²) in [5.41, 5.74) is 4.95. The predicted molar refractivity (Wildman–Crippen MR) is 111 cm³/mol. The second-order valence-corrected chi connectivity index (χ2v) is 6.96. The third-order valence-corrected chi connectivity index (χ3v) is 5.10. The highest BCUT2D eigenvalue weighted by Gasteiger charge is 2.31. The molecular weight excluding hydrogens is 348 g/mol. The van der Waals surface area contributed by atoms with Crippen molar-refractivity contribution in [3.63, 3.8) is 0 Å². The summed E-state index contributed by atoms with van der Waals surface area (Å²) in [5.74, 6) is 0. The Kier molecular flexibility index (Phi) is 5.20. The fourth-order valence-electron chi connectivity index (χ4n) is 3.58. The summed E-state index contributed by atoms with van der Waals surface area (Å²) in [6.07, 6.45) is 9.70. The van der Waals surface area contributed by atoms with Crippen LogP contribution in [-0.2, 0) is 11.2 Å². The monoisotopic (exact) mass is 370 g/mol. The molecule has 0 radical (unpaired) electrons. The zero-order chi connectivity index (χ0) is 19.3. The number of nitrogens with zero attached hydrogens (tertiary/aromatic N) is 2. The molecule has 2 aromatic rings. The van der Waals surface area contributed by atoms with Crippen molar-refractivity contribution in [1.29, 1.82) is 0 Å². The first-order valence-corrected chi connectivity index (χ1v) is 9.49. The van der Waals surface area contributed by atoms with E-state index in [-0.39, 0.29) is 6.03 Å². The van der Waals surface area contributed by atoms with Crippen LogP contribution in [0.25, 0.3) is 0 Å². The number of hydrogen-bond acceptors (Lipinski definition) is 2. The lowest BCUT2D eigenvalue weighted by Gasteiger charge is -2.20. The summed E-state index contributed by atoms with van der Waals surface area (Å²) in [6, 6.07) is 18.6. The number of carbonyl (C=O) groups excluding carboxylic acids is 2. The van der Waals surface area contributed by atoms with Gasteiger partial charge in [-0.25, -0.2) is 4.79 Å². The van der Waals surface area contributed by atoms with Gasteiger partial charge in [0.2, 0.25) is 0 Å². The van der Waals surface area contributed by atoms with Crippen molar-refractivity contribution in [3.8, 4) is 0 Å². The van der Waals surface area contributed by atoms with Gasteiger partial charge in [-0.15, -0.1) is 0 Å². The van der Waals surface area contributed by atoms with Crippen LogP contribution >= 0.6 is 0 Å². The number of aldehydes is 1. The van der Waals surface area contributed by atoms with E-state index >= 15 is 0 Å². The third kappa shape index (κ3) is 3.81. The molecule has 2 aliphatic rings. The number of anilines is 1. The normalized spacial score (nSPS) is 16.6. The van der Waals surface area contributed by atoms with Crippen molar-refractivity contribution in [2.75, 3.05) is 18.0 Å². The Bertz CT molecular complexity index is 956. The van der Waals surface area contributed by atoms with Gasteiger partial charge in [-0.05, 0) is 41.8 Å². The Balaban J connectivity index is 1.46. The summed E-state index contributed by atoms with van der Waals surface area (Å²) < 4.78 is 0. The molecular formula is C24H22N2O2. The molecule has 4 heteroatoms. The van der Waals surface area contributed by atoms with Crippen molar-refractivity contribution in [3.05, 3.63) is 101 Å². The third-order valence-electron chi connectivity index (χ3n) is 5.10. The fourth-order valence-corrected chi connectivity index (χ4v) is 3.58. The van der Waals surface area contributed by atoms with Gasteiger partial charge in [0.05, 0.1) is 0 Å². The molecule has 1 aliphatic heterocycles. The molecule has 2 aromatic carbocycles. The van der Waals surface area contributed by atoms with E-state index in [1.807, 2.05) is 47.4 Å². The van der Waals surface area contributed by atoms with Gasteiger partial charge in [-0.3, -0.25) is 14.6 Å². The maximum Gasteiger partial charge on any atom is 0.328 e. The van der Waals surface area contributed by atoms with Crippen molar-refractivity contribution >= 4 is 18.0 Å². The zero-order valence-corrected chi connectivity index (χ0v) is 15.6.